The molecule has 2 rings (SSSR count). The van der Waals surface area contributed by atoms with Gasteiger partial charge in [0.05, 0.1) is 5.69 Å². The van der Waals surface area contributed by atoms with Crippen LogP contribution in [0.5, 0.6) is 0 Å². The minimum absolute atomic E-state index is 0.0597. The molecule has 0 saturated heterocycles. The van der Waals surface area contributed by atoms with Gasteiger partial charge < -0.3 is 4.98 Å². The summed E-state index contributed by atoms with van der Waals surface area (Å²) in [6, 6.07) is 10.5. The summed E-state index contributed by atoms with van der Waals surface area (Å²) >= 11 is 3.63. The van der Waals surface area contributed by atoms with E-state index in [0.717, 1.165) is 4.57 Å². The maximum absolute atomic E-state index is 12.3. The number of benzene rings is 1. The van der Waals surface area contributed by atoms with Crippen LogP contribution in [0.1, 0.15) is 18.4 Å². The summed E-state index contributed by atoms with van der Waals surface area (Å²) in [6.07, 6.45) is 0.457. The van der Waals surface area contributed by atoms with Gasteiger partial charge in [-0.15, -0.1) is 12.6 Å². The molecule has 0 atom stereocenters. The van der Waals surface area contributed by atoms with Gasteiger partial charge in [-0.2, -0.15) is 5.26 Å². The Balaban J connectivity index is 2.49. The predicted molar refractivity (Wildman–Crippen MR) is 84.7 cm³/mol. The fourth-order valence-corrected chi connectivity index (χ4v) is 2.25. The highest BCUT2D eigenvalue weighted by atomic mass is 32.1. The fraction of sp³-hybridized carbons (Fsp3) is 0.200. The van der Waals surface area contributed by atoms with Gasteiger partial charge in [0.25, 0.3) is 5.56 Å². The van der Waals surface area contributed by atoms with Gasteiger partial charge in [-0.05, 0) is 12.0 Å². The van der Waals surface area contributed by atoms with Gasteiger partial charge in [0, 0.05) is 13.0 Å². The van der Waals surface area contributed by atoms with E-state index in [1.807, 2.05) is 6.07 Å². The van der Waals surface area contributed by atoms with Crippen LogP contribution in [-0.4, -0.2) is 14.7 Å². The van der Waals surface area contributed by atoms with Gasteiger partial charge in [0.15, 0.2) is 5.12 Å². The van der Waals surface area contributed by atoms with Gasteiger partial charge in [-0.3, -0.25) is 14.2 Å². The van der Waals surface area contributed by atoms with E-state index in [9.17, 15) is 19.6 Å². The summed E-state index contributed by atoms with van der Waals surface area (Å²) in [6.45, 7) is 0.0597. The standard InChI is InChI=1S/C15H13N3O3S/c16-9-11-13(10-5-2-1-3-6-10)17-15(21)18(14(11)20)8-4-7-12(19)22/h1-3,5-6H,4,7-8H2,(H,17,21)(H,19,22). The number of hydrogen-bond acceptors (Lipinski definition) is 4. The Morgan fingerprint density at radius 1 is 1.27 bits per heavy atom. The average Bonchev–Trinajstić information content (AvgIpc) is 2.50. The summed E-state index contributed by atoms with van der Waals surface area (Å²) in [4.78, 5) is 37.8. The third-order valence-electron chi connectivity index (χ3n) is 3.13. The number of nitrogens with one attached hydrogen (secondary N) is 1. The Morgan fingerprint density at radius 3 is 2.55 bits per heavy atom. The maximum Gasteiger partial charge on any atom is 0.328 e. The molecule has 7 heteroatoms. The minimum Gasteiger partial charge on any atom is -0.305 e. The molecule has 0 aliphatic heterocycles. The van der Waals surface area contributed by atoms with Crippen molar-refractivity contribution in [1.29, 1.82) is 5.26 Å². The van der Waals surface area contributed by atoms with Crippen LogP contribution >= 0.6 is 12.6 Å². The monoisotopic (exact) mass is 315 g/mol. The van der Waals surface area contributed by atoms with Crippen molar-refractivity contribution in [2.75, 3.05) is 0 Å². The number of aromatic nitrogens is 2. The maximum atomic E-state index is 12.3. The highest BCUT2D eigenvalue weighted by Gasteiger charge is 2.15. The molecule has 1 N–H and O–H groups in total. The first-order valence-corrected chi connectivity index (χ1v) is 7.03. The fourth-order valence-electron chi connectivity index (χ4n) is 2.09. The first kappa shape index (κ1) is 15.8. The highest BCUT2D eigenvalue weighted by Crippen LogP contribution is 2.16. The molecule has 1 aromatic heterocycles. The second kappa shape index (κ2) is 6.91. The zero-order valence-corrected chi connectivity index (χ0v) is 12.5. The molecule has 1 aromatic carbocycles. The van der Waals surface area contributed by atoms with E-state index >= 15 is 0 Å². The van der Waals surface area contributed by atoms with Crippen LogP contribution in [0, 0.1) is 11.3 Å². The van der Waals surface area contributed by atoms with E-state index in [2.05, 4.69) is 17.6 Å². The molecule has 22 heavy (non-hydrogen) atoms. The van der Waals surface area contributed by atoms with Crippen LogP contribution in [0.2, 0.25) is 0 Å². The molecule has 6 nitrogen and oxygen atoms in total. The number of nitrogens with zero attached hydrogens (tertiary/aromatic N) is 2. The molecule has 0 amide bonds. The summed E-state index contributed by atoms with van der Waals surface area (Å²) in [7, 11) is 0. The van der Waals surface area contributed by atoms with Crippen LogP contribution < -0.4 is 11.2 Å². The van der Waals surface area contributed by atoms with Crippen LogP contribution in [-0.2, 0) is 11.3 Å². The smallest absolute Gasteiger partial charge is 0.305 e. The summed E-state index contributed by atoms with van der Waals surface area (Å²) in [5.41, 5.74) is -0.584. The third kappa shape index (κ3) is 3.35. The molecule has 0 radical (unpaired) electrons. The van der Waals surface area contributed by atoms with Crippen molar-refractivity contribution < 1.29 is 4.79 Å². The van der Waals surface area contributed by atoms with Crippen LogP contribution in [0.3, 0.4) is 0 Å². The largest absolute Gasteiger partial charge is 0.328 e. The first-order valence-electron chi connectivity index (χ1n) is 6.59. The summed E-state index contributed by atoms with van der Waals surface area (Å²) in [5, 5.41) is 8.92. The van der Waals surface area contributed by atoms with E-state index in [4.69, 9.17) is 0 Å². The van der Waals surface area contributed by atoms with Crippen molar-refractivity contribution in [3.05, 3.63) is 56.7 Å². The normalized spacial score (nSPS) is 10.2. The van der Waals surface area contributed by atoms with Gasteiger partial charge in [-0.1, -0.05) is 30.3 Å². The number of thiol groups is 1. The molecule has 0 saturated carbocycles. The number of nitriles is 1. The number of rotatable bonds is 5. The molecule has 2 aromatic rings. The molecule has 0 spiro atoms. The van der Waals surface area contributed by atoms with E-state index in [1.165, 1.54) is 0 Å². The molecule has 1 heterocycles. The van der Waals surface area contributed by atoms with Crippen LogP contribution in [0.25, 0.3) is 11.3 Å². The van der Waals surface area contributed by atoms with Gasteiger partial charge in [0.1, 0.15) is 11.6 Å². The van der Waals surface area contributed by atoms with E-state index < -0.39 is 11.2 Å². The Bertz CT molecular complexity index is 847. The average molecular weight is 315 g/mol. The van der Waals surface area contributed by atoms with Crippen molar-refractivity contribution in [3.63, 3.8) is 0 Å². The van der Waals surface area contributed by atoms with Gasteiger partial charge in [0.2, 0.25) is 0 Å². The number of aromatic amines is 1. The van der Waals surface area contributed by atoms with E-state index in [1.54, 1.807) is 30.3 Å². The zero-order chi connectivity index (χ0) is 16.1. The molecule has 0 unspecified atom stereocenters. The van der Waals surface area contributed by atoms with Crippen molar-refractivity contribution >= 4 is 17.7 Å². The molecule has 0 aliphatic carbocycles. The van der Waals surface area contributed by atoms with Gasteiger partial charge >= 0.3 is 5.69 Å². The minimum atomic E-state index is -0.656. The SMILES string of the molecule is N#Cc1c(-c2ccccc2)[nH]c(=O)n(CCCC(=O)S)c1=O. The lowest BCUT2D eigenvalue weighted by Gasteiger charge is -2.08. The van der Waals surface area contributed by atoms with Crippen molar-refractivity contribution in [2.45, 2.75) is 19.4 Å². The quantitative estimate of drug-likeness (QED) is 0.813. The molecule has 0 aliphatic rings. The Kier molecular flexibility index (Phi) is 4.96. The van der Waals surface area contributed by atoms with Crippen molar-refractivity contribution in [1.82, 2.24) is 9.55 Å². The van der Waals surface area contributed by atoms with Crippen molar-refractivity contribution in [2.24, 2.45) is 0 Å². The second-order valence-electron chi connectivity index (χ2n) is 4.61. The lowest BCUT2D eigenvalue weighted by Crippen LogP contribution is -2.37. The zero-order valence-electron chi connectivity index (χ0n) is 11.6. The Morgan fingerprint density at radius 2 is 1.95 bits per heavy atom. The summed E-state index contributed by atoms with van der Waals surface area (Å²) < 4.78 is 0.932. The van der Waals surface area contributed by atoms with Crippen LogP contribution in [0.15, 0.2) is 39.9 Å². The highest BCUT2D eigenvalue weighted by molar-refractivity contribution is 7.96. The van der Waals surface area contributed by atoms with E-state index in [-0.39, 0.29) is 29.3 Å². The molecule has 0 fully saturated rings. The first-order chi connectivity index (χ1) is 10.5. The predicted octanol–water partition coefficient (Wildman–Crippen LogP) is 1.31. The lowest BCUT2D eigenvalue weighted by atomic mass is 10.1. The van der Waals surface area contributed by atoms with E-state index in [0.29, 0.717) is 12.0 Å². The molecular weight excluding hydrogens is 302 g/mol. The molecule has 0 bridgehead atoms. The number of H-pyrrole nitrogens is 1. The topological polar surface area (TPSA) is 95.7 Å². The van der Waals surface area contributed by atoms with Crippen molar-refractivity contribution in [3.8, 4) is 17.3 Å². The molecule has 112 valence electrons. The second-order valence-corrected chi connectivity index (χ2v) is 5.11. The lowest BCUT2D eigenvalue weighted by molar-refractivity contribution is -0.110. The number of hydrogen-bond donors (Lipinski definition) is 2. The Labute approximate surface area is 131 Å². The molecular formula is C15H13N3O3S. The summed E-state index contributed by atoms with van der Waals surface area (Å²) in [5.74, 6) is 0. The Hall–Kier alpha value is -2.59. The van der Waals surface area contributed by atoms with Crippen LogP contribution in [0.4, 0.5) is 0 Å². The number of carbonyl (C=O) groups excluding carboxylic acids is 1. The third-order valence-corrected chi connectivity index (χ3v) is 3.36. The number of carbonyl (C=O) groups is 1. The van der Waals surface area contributed by atoms with Gasteiger partial charge in [-0.25, -0.2) is 4.79 Å².